The van der Waals surface area contributed by atoms with E-state index in [4.69, 9.17) is 4.99 Å². The summed E-state index contributed by atoms with van der Waals surface area (Å²) >= 11 is 0. The lowest BCUT2D eigenvalue weighted by atomic mass is 9.81. The standard InChI is InChI=1S/C23H34N4O/c1-3-24-22(25-16-19-10-14-26(15-11-19)18(2)28)27-17-23(12-6-7-13-23)20-8-4-5-9-21(20)27/h4-5,8-9,19H,3,6-7,10-17H2,1-2H3,(H,24,25). The Bertz CT molecular complexity index is 730. The fourth-order valence-electron chi connectivity index (χ4n) is 5.34. The second-order valence-electron chi connectivity index (χ2n) is 8.73. The first kappa shape index (κ1) is 19.3. The van der Waals surface area contributed by atoms with Crippen molar-refractivity contribution in [1.82, 2.24) is 10.2 Å². The van der Waals surface area contributed by atoms with Crippen molar-refractivity contribution < 1.29 is 4.79 Å². The number of carbonyl (C=O) groups excluding carboxylic acids is 1. The maximum atomic E-state index is 11.6. The Balaban J connectivity index is 1.50. The SMILES string of the molecule is CCNC(=NCC1CCN(C(C)=O)CC1)N1CC2(CCCC2)c2ccccc21. The van der Waals surface area contributed by atoms with E-state index >= 15 is 0 Å². The average molecular weight is 383 g/mol. The number of likely N-dealkylation sites (tertiary alicyclic amines) is 1. The minimum atomic E-state index is 0.200. The number of amides is 1. The van der Waals surface area contributed by atoms with Gasteiger partial charge in [-0.05, 0) is 50.2 Å². The second kappa shape index (κ2) is 8.14. The summed E-state index contributed by atoms with van der Waals surface area (Å²) in [5, 5.41) is 3.55. The van der Waals surface area contributed by atoms with Crippen molar-refractivity contribution in [2.24, 2.45) is 10.9 Å². The Hall–Kier alpha value is -2.04. The lowest BCUT2D eigenvalue weighted by molar-refractivity contribution is -0.130. The first-order valence-corrected chi connectivity index (χ1v) is 11.0. The smallest absolute Gasteiger partial charge is 0.219 e. The van der Waals surface area contributed by atoms with E-state index in [1.54, 1.807) is 6.92 Å². The number of nitrogens with zero attached hydrogens (tertiary/aromatic N) is 3. The van der Waals surface area contributed by atoms with Crippen molar-refractivity contribution in [2.75, 3.05) is 37.6 Å². The third-order valence-corrected chi connectivity index (χ3v) is 6.94. The van der Waals surface area contributed by atoms with Crippen LogP contribution in [0.25, 0.3) is 0 Å². The molecule has 2 heterocycles. The molecule has 4 rings (SSSR count). The van der Waals surface area contributed by atoms with Gasteiger partial charge in [-0.1, -0.05) is 31.0 Å². The number of fused-ring (bicyclic) bond motifs is 2. The molecule has 2 aliphatic heterocycles. The van der Waals surface area contributed by atoms with Crippen LogP contribution >= 0.6 is 0 Å². The van der Waals surface area contributed by atoms with Crippen LogP contribution in [0.1, 0.15) is 57.9 Å². The molecule has 5 heteroatoms. The normalized spacial score (nSPS) is 22.0. The summed E-state index contributed by atoms with van der Waals surface area (Å²) in [7, 11) is 0. The Labute approximate surface area is 169 Å². The topological polar surface area (TPSA) is 47.9 Å². The van der Waals surface area contributed by atoms with Crippen molar-refractivity contribution in [3.8, 4) is 0 Å². The highest BCUT2D eigenvalue weighted by Crippen LogP contribution is 2.50. The van der Waals surface area contributed by atoms with E-state index in [1.165, 1.54) is 36.9 Å². The van der Waals surface area contributed by atoms with Crippen LogP contribution < -0.4 is 10.2 Å². The number of anilines is 1. The first-order valence-electron chi connectivity index (χ1n) is 11.0. The summed E-state index contributed by atoms with van der Waals surface area (Å²) in [5.74, 6) is 1.81. The van der Waals surface area contributed by atoms with Gasteiger partial charge in [0.05, 0.1) is 0 Å². The van der Waals surface area contributed by atoms with Gasteiger partial charge in [0.15, 0.2) is 5.96 Å². The summed E-state index contributed by atoms with van der Waals surface area (Å²) in [6, 6.07) is 8.94. The molecule has 0 atom stereocenters. The minimum Gasteiger partial charge on any atom is -0.356 e. The second-order valence-corrected chi connectivity index (χ2v) is 8.73. The number of para-hydroxylation sites is 1. The molecule has 0 bridgehead atoms. The zero-order chi connectivity index (χ0) is 19.6. The average Bonchev–Trinajstić information content (AvgIpc) is 3.32. The number of guanidine groups is 1. The highest BCUT2D eigenvalue weighted by Gasteiger charge is 2.45. The highest BCUT2D eigenvalue weighted by molar-refractivity contribution is 5.98. The third kappa shape index (κ3) is 3.63. The molecule has 1 aliphatic carbocycles. The largest absolute Gasteiger partial charge is 0.356 e. The van der Waals surface area contributed by atoms with Gasteiger partial charge in [-0.15, -0.1) is 0 Å². The lowest BCUT2D eigenvalue weighted by Gasteiger charge is -2.31. The van der Waals surface area contributed by atoms with Crippen LogP contribution in [0.2, 0.25) is 0 Å². The van der Waals surface area contributed by atoms with Crippen molar-refractivity contribution in [3.63, 3.8) is 0 Å². The van der Waals surface area contributed by atoms with Crippen LogP contribution in [0.15, 0.2) is 29.3 Å². The van der Waals surface area contributed by atoms with E-state index in [-0.39, 0.29) is 5.91 Å². The summed E-state index contributed by atoms with van der Waals surface area (Å²) in [6.07, 6.45) is 7.38. The van der Waals surface area contributed by atoms with Crippen molar-refractivity contribution >= 4 is 17.6 Å². The van der Waals surface area contributed by atoms with Crippen molar-refractivity contribution in [1.29, 1.82) is 0 Å². The minimum absolute atomic E-state index is 0.200. The number of rotatable bonds is 3. The fraction of sp³-hybridized carbons (Fsp3) is 0.652. The van der Waals surface area contributed by atoms with E-state index in [0.717, 1.165) is 51.5 Å². The van der Waals surface area contributed by atoms with Crippen molar-refractivity contribution in [3.05, 3.63) is 29.8 Å². The number of hydrogen-bond donors (Lipinski definition) is 1. The van der Waals surface area contributed by atoms with Gasteiger partial charge < -0.3 is 15.1 Å². The number of hydrogen-bond acceptors (Lipinski definition) is 2. The molecule has 1 saturated heterocycles. The molecular weight excluding hydrogens is 348 g/mol. The molecule has 0 unspecified atom stereocenters. The molecule has 1 saturated carbocycles. The molecule has 5 nitrogen and oxygen atoms in total. The molecular formula is C23H34N4O. The molecule has 152 valence electrons. The monoisotopic (exact) mass is 382 g/mol. The van der Waals surface area contributed by atoms with Gasteiger partial charge in [0.2, 0.25) is 5.91 Å². The summed E-state index contributed by atoms with van der Waals surface area (Å²) < 4.78 is 0. The third-order valence-electron chi connectivity index (χ3n) is 6.94. The maximum absolute atomic E-state index is 11.6. The zero-order valence-electron chi connectivity index (χ0n) is 17.4. The summed E-state index contributed by atoms with van der Waals surface area (Å²) in [5.41, 5.74) is 3.18. The fourth-order valence-corrected chi connectivity index (χ4v) is 5.34. The number of carbonyl (C=O) groups is 1. The summed E-state index contributed by atoms with van der Waals surface area (Å²) in [6.45, 7) is 8.36. The number of piperidine rings is 1. The molecule has 3 aliphatic rings. The molecule has 1 aromatic rings. The van der Waals surface area contributed by atoms with Crippen LogP contribution in [0.5, 0.6) is 0 Å². The molecule has 2 fully saturated rings. The molecule has 1 N–H and O–H groups in total. The Morgan fingerprint density at radius 1 is 1.21 bits per heavy atom. The van der Waals surface area contributed by atoms with Crippen LogP contribution in [-0.2, 0) is 10.2 Å². The van der Waals surface area contributed by atoms with E-state index < -0.39 is 0 Å². The Morgan fingerprint density at radius 3 is 2.61 bits per heavy atom. The zero-order valence-corrected chi connectivity index (χ0v) is 17.4. The highest BCUT2D eigenvalue weighted by atomic mass is 16.2. The maximum Gasteiger partial charge on any atom is 0.219 e. The van der Waals surface area contributed by atoms with Crippen LogP contribution in [-0.4, -0.2) is 49.5 Å². The van der Waals surface area contributed by atoms with E-state index in [1.807, 2.05) is 4.90 Å². The van der Waals surface area contributed by atoms with Crippen LogP contribution in [0.3, 0.4) is 0 Å². The van der Waals surface area contributed by atoms with Gasteiger partial charge in [0.25, 0.3) is 0 Å². The first-order chi connectivity index (χ1) is 13.6. The van der Waals surface area contributed by atoms with Gasteiger partial charge in [-0.25, -0.2) is 0 Å². The lowest BCUT2D eigenvalue weighted by Crippen LogP contribution is -2.44. The van der Waals surface area contributed by atoms with Gasteiger partial charge in [-0.2, -0.15) is 0 Å². The predicted octanol–water partition coefficient (Wildman–Crippen LogP) is 3.54. The number of nitrogens with one attached hydrogen (secondary N) is 1. The van der Waals surface area contributed by atoms with Gasteiger partial charge >= 0.3 is 0 Å². The van der Waals surface area contributed by atoms with Gasteiger partial charge in [0, 0.05) is 50.7 Å². The van der Waals surface area contributed by atoms with Crippen LogP contribution in [0, 0.1) is 5.92 Å². The number of aliphatic imine (C=N–C) groups is 1. The quantitative estimate of drug-likeness (QED) is 0.642. The molecule has 1 spiro atoms. The van der Waals surface area contributed by atoms with E-state index in [2.05, 4.69) is 41.4 Å². The summed E-state index contributed by atoms with van der Waals surface area (Å²) in [4.78, 5) is 21.0. The molecule has 1 amide bonds. The molecule has 0 radical (unpaired) electrons. The number of benzene rings is 1. The molecule has 1 aromatic carbocycles. The van der Waals surface area contributed by atoms with E-state index in [9.17, 15) is 4.79 Å². The molecule has 28 heavy (non-hydrogen) atoms. The Morgan fingerprint density at radius 2 is 1.93 bits per heavy atom. The Kier molecular flexibility index (Phi) is 5.61. The van der Waals surface area contributed by atoms with Gasteiger partial charge in [-0.3, -0.25) is 9.79 Å². The molecule has 0 aromatic heterocycles. The predicted molar refractivity (Wildman–Crippen MR) is 115 cm³/mol. The van der Waals surface area contributed by atoms with Crippen molar-refractivity contribution in [2.45, 2.75) is 57.8 Å². The van der Waals surface area contributed by atoms with Crippen LogP contribution in [0.4, 0.5) is 5.69 Å². The van der Waals surface area contributed by atoms with E-state index in [0.29, 0.717) is 11.3 Å². The van der Waals surface area contributed by atoms with Gasteiger partial charge in [0.1, 0.15) is 0 Å².